The monoisotopic (exact) mass is 254 g/mol. The number of carbonyl (C=O) groups excluding carboxylic acids is 2. The van der Waals surface area contributed by atoms with Gasteiger partial charge < -0.3 is 9.47 Å². The predicted octanol–water partition coefficient (Wildman–Crippen LogP) is 3.23. The summed E-state index contributed by atoms with van der Waals surface area (Å²) >= 11 is 0. The molecule has 1 atom stereocenters. The smallest absolute Gasteiger partial charge is 0.435 e. The number of carbonyl (C=O) groups is 2. The van der Waals surface area contributed by atoms with Crippen LogP contribution in [0.15, 0.2) is 0 Å². The molecule has 1 spiro atoms. The van der Waals surface area contributed by atoms with Crippen molar-refractivity contribution in [2.45, 2.75) is 64.4 Å². The van der Waals surface area contributed by atoms with Crippen molar-refractivity contribution >= 4 is 11.9 Å². The maximum atomic E-state index is 12.1. The van der Waals surface area contributed by atoms with Gasteiger partial charge in [0.2, 0.25) is 0 Å². The average molecular weight is 254 g/mol. The Morgan fingerprint density at radius 2 is 2.00 bits per heavy atom. The lowest BCUT2D eigenvalue weighted by Gasteiger charge is -2.41. The molecule has 0 amide bonds. The van der Waals surface area contributed by atoms with Crippen LogP contribution in [-0.4, -0.2) is 24.6 Å². The van der Waals surface area contributed by atoms with Gasteiger partial charge in [0.05, 0.1) is 6.61 Å². The van der Waals surface area contributed by atoms with Crippen LogP contribution < -0.4 is 0 Å². The van der Waals surface area contributed by atoms with E-state index in [-0.39, 0.29) is 17.8 Å². The average Bonchev–Trinajstić information content (AvgIpc) is 2.34. The van der Waals surface area contributed by atoms with Crippen molar-refractivity contribution < 1.29 is 19.1 Å². The molecule has 0 aromatic heterocycles. The van der Waals surface area contributed by atoms with E-state index in [2.05, 4.69) is 0 Å². The van der Waals surface area contributed by atoms with Gasteiger partial charge in [0.15, 0.2) is 11.9 Å². The highest BCUT2D eigenvalue weighted by Crippen LogP contribution is 2.46. The van der Waals surface area contributed by atoms with Gasteiger partial charge in [0.1, 0.15) is 0 Å². The summed E-state index contributed by atoms with van der Waals surface area (Å²) < 4.78 is 9.78. The van der Waals surface area contributed by atoms with E-state index in [1.807, 2.05) is 0 Å². The van der Waals surface area contributed by atoms with Crippen LogP contribution in [0, 0.1) is 5.41 Å². The van der Waals surface area contributed by atoms with Gasteiger partial charge in [-0.1, -0.05) is 19.3 Å². The summed E-state index contributed by atoms with van der Waals surface area (Å²) in [4.78, 5) is 23.3. The van der Waals surface area contributed by atoms with E-state index in [4.69, 9.17) is 9.47 Å². The Labute approximate surface area is 108 Å². The molecule has 0 aromatic rings. The third-order valence-electron chi connectivity index (χ3n) is 4.26. The van der Waals surface area contributed by atoms with Crippen LogP contribution >= 0.6 is 0 Å². The second kappa shape index (κ2) is 5.72. The molecule has 0 N–H and O–H groups in total. The largest absolute Gasteiger partial charge is 0.508 e. The molecule has 1 unspecified atom stereocenters. The molecule has 0 saturated heterocycles. The van der Waals surface area contributed by atoms with E-state index in [1.54, 1.807) is 6.92 Å². The molecule has 102 valence electrons. The highest BCUT2D eigenvalue weighted by Gasteiger charge is 2.42. The van der Waals surface area contributed by atoms with E-state index in [0.29, 0.717) is 12.8 Å². The third-order valence-corrected chi connectivity index (χ3v) is 4.26. The molecule has 0 radical (unpaired) electrons. The van der Waals surface area contributed by atoms with E-state index >= 15 is 0 Å². The fraction of sp³-hybridized carbons (Fsp3) is 0.857. The Bertz CT molecular complexity index is 318. The molecule has 2 rings (SSSR count). The minimum atomic E-state index is -0.713. The number of hydrogen-bond acceptors (Lipinski definition) is 4. The van der Waals surface area contributed by atoms with Gasteiger partial charge in [-0.2, -0.15) is 0 Å². The SMILES string of the molecule is CCOC(=O)OC1CCC2(CCCCC2)CC1=O. The quantitative estimate of drug-likeness (QED) is 0.710. The fourth-order valence-electron chi connectivity index (χ4n) is 3.29. The molecule has 0 bridgehead atoms. The van der Waals surface area contributed by atoms with Gasteiger partial charge >= 0.3 is 6.16 Å². The Balaban J connectivity index is 1.88. The van der Waals surface area contributed by atoms with Gasteiger partial charge in [-0.15, -0.1) is 0 Å². The number of ether oxygens (including phenoxy) is 2. The van der Waals surface area contributed by atoms with Crippen molar-refractivity contribution in [2.24, 2.45) is 5.41 Å². The van der Waals surface area contributed by atoms with E-state index in [1.165, 1.54) is 19.3 Å². The Kier molecular flexibility index (Phi) is 4.25. The van der Waals surface area contributed by atoms with Gasteiger partial charge in [0.25, 0.3) is 0 Å². The van der Waals surface area contributed by atoms with Crippen LogP contribution in [0.2, 0.25) is 0 Å². The predicted molar refractivity (Wildman–Crippen MR) is 66.3 cm³/mol. The van der Waals surface area contributed by atoms with Crippen molar-refractivity contribution in [1.82, 2.24) is 0 Å². The summed E-state index contributed by atoms with van der Waals surface area (Å²) in [6.45, 7) is 2.00. The van der Waals surface area contributed by atoms with E-state index < -0.39 is 12.3 Å². The lowest BCUT2D eigenvalue weighted by atomic mass is 9.64. The first-order chi connectivity index (χ1) is 8.65. The summed E-state index contributed by atoms with van der Waals surface area (Å²) in [5.74, 6) is 0.0798. The zero-order valence-corrected chi connectivity index (χ0v) is 11.1. The van der Waals surface area contributed by atoms with Crippen LogP contribution in [0.4, 0.5) is 4.79 Å². The Morgan fingerprint density at radius 3 is 2.61 bits per heavy atom. The van der Waals surface area contributed by atoms with Gasteiger partial charge in [-0.05, 0) is 38.0 Å². The van der Waals surface area contributed by atoms with Gasteiger partial charge in [-0.25, -0.2) is 4.79 Å². The molecule has 2 aliphatic rings. The lowest BCUT2D eigenvalue weighted by Crippen LogP contribution is -2.40. The fourth-order valence-corrected chi connectivity index (χ4v) is 3.29. The maximum absolute atomic E-state index is 12.1. The molecular weight excluding hydrogens is 232 g/mol. The van der Waals surface area contributed by atoms with E-state index in [9.17, 15) is 9.59 Å². The third kappa shape index (κ3) is 3.03. The van der Waals surface area contributed by atoms with Crippen molar-refractivity contribution in [1.29, 1.82) is 0 Å². The minimum Gasteiger partial charge on any atom is -0.435 e. The number of Topliss-reactive ketones (excluding diaryl/α,β-unsaturated/α-hetero) is 1. The second-order valence-corrected chi connectivity index (χ2v) is 5.53. The van der Waals surface area contributed by atoms with Crippen LogP contribution in [0.1, 0.15) is 58.3 Å². The van der Waals surface area contributed by atoms with Gasteiger partial charge in [0, 0.05) is 6.42 Å². The first kappa shape index (κ1) is 13.4. The van der Waals surface area contributed by atoms with Crippen LogP contribution in [0.25, 0.3) is 0 Å². The van der Waals surface area contributed by atoms with Crippen molar-refractivity contribution in [3.8, 4) is 0 Å². The van der Waals surface area contributed by atoms with Crippen molar-refractivity contribution in [2.75, 3.05) is 6.61 Å². The Hall–Kier alpha value is -1.06. The molecule has 4 heteroatoms. The highest BCUT2D eigenvalue weighted by atomic mass is 16.7. The van der Waals surface area contributed by atoms with Crippen LogP contribution in [0.5, 0.6) is 0 Å². The molecule has 0 aromatic carbocycles. The zero-order chi connectivity index (χ0) is 13.0. The maximum Gasteiger partial charge on any atom is 0.508 e. The standard InChI is InChI=1S/C14H22O4/c1-2-17-13(16)18-12-6-9-14(10-11(12)15)7-4-3-5-8-14/h12H,2-10H2,1H3. The molecular formula is C14H22O4. The molecule has 0 heterocycles. The first-order valence-electron chi connectivity index (χ1n) is 7.01. The van der Waals surface area contributed by atoms with E-state index in [0.717, 1.165) is 19.3 Å². The Morgan fingerprint density at radius 1 is 1.28 bits per heavy atom. The first-order valence-corrected chi connectivity index (χ1v) is 7.01. The number of rotatable bonds is 2. The van der Waals surface area contributed by atoms with Crippen LogP contribution in [0.3, 0.4) is 0 Å². The summed E-state index contributed by atoms with van der Waals surface area (Å²) in [6, 6.07) is 0. The van der Waals surface area contributed by atoms with Gasteiger partial charge in [-0.3, -0.25) is 4.79 Å². The minimum absolute atomic E-state index is 0.0798. The molecule has 4 nitrogen and oxygen atoms in total. The van der Waals surface area contributed by atoms with Crippen LogP contribution in [-0.2, 0) is 14.3 Å². The van der Waals surface area contributed by atoms with Crippen molar-refractivity contribution in [3.63, 3.8) is 0 Å². The molecule has 18 heavy (non-hydrogen) atoms. The normalized spacial score (nSPS) is 26.9. The molecule has 0 aliphatic heterocycles. The highest BCUT2D eigenvalue weighted by molar-refractivity contribution is 5.86. The summed E-state index contributed by atoms with van der Waals surface area (Å²) in [5, 5.41) is 0. The lowest BCUT2D eigenvalue weighted by molar-refractivity contribution is -0.136. The topological polar surface area (TPSA) is 52.6 Å². The summed E-state index contributed by atoms with van der Waals surface area (Å²) in [5.41, 5.74) is 0.212. The second-order valence-electron chi connectivity index (χ2n) is 5.53. The molecule has 2 aliphatic carbocycles. The molecule has 2 fully saturated rings. The number of ketones is 1. The van der Waals surface area contributed by atoms with Crippen molar-refractivity contribution in [3.05, 3.63) is 0 Å². The number of hydrogen-bond donors (Lipinski definition) is 0. The summed E-state index contributed by atoms with van der Waals surface area (Å²) in [6.07, 6.45) is 7.03. The summed E-state index contributed by atoms with van der Waals surface area (Å²) in [7, 11) is 0. The molecule has 2 saturated carbocycles. The zero-order valence-electron chi connectivity index (χ0n) is 11.1.